The standard InChI is InChI=1S/C12H16F3NO2S/c1-2-10(8-11-6-4-3-5-7-11)9-16-19(17,18)12(13,14)15/h3-7,10,16H,2,8-9H2,1H3. The molecule has 0 radical (unpaired) electrons. The van der Waals surface area contributed by atoms with Crippen molar-refractivity contribution >= 4 is 10.0 Å². The Morgan fingerprint density at radius 1 is 1.21 bits per heavy atom. The molecule has 0 amide bonds. The van der Waals surface area contributed by atoms with Crippen molar-refractivity contribution in [1.29, 1.82) is 0 Å². The maximum atomic E-state index is 12.2. The third kappa shape index (κ3) is 4.83. The van der Waals surface area contributed by atoms with Crippen LogP contribution in [-0.4, -0.2) is 20.5 Å². The average molecular weight is 295 g/mol. The lowest BCUT2D eigenvalue weighted by Crippen LogP contribution is -2.39. The van der Waals surface area contributed by atoms with Crippen LogP contribution < -0.4 is 4.72 Å². The van der Waals surface area contributed by atoms with Gasteiger partial charge in [0.2, 0.25) is 0 Å². The van der Waals surface area contributed by atoms with E-state index in [1.807, 2.05) is 37.3 Å². The van der Waals surface area contributed by atoms with Crippen LogP contribution >= 0.6 is 0 Å². The Morgan fingerprint density at radius 3 is 2.26 bits per heavy atom. The maximum absolute atomic E-state index is 12.2. The molecule has 0 fully saturated rings. The van der Waals surface area contributed by atoms with Gasteiger partial charge < -0.3 is 0 Å². The Hall–Kier alpha value is -1.08. The largest absolute Gasteiger partial charge is 0.511 e. The number of hydrogen-bond donors (Lipinski definition) is 1. The summed E-state index contributed by atoms with van der Waals surface area (Å²) in [6.45, 7) is 1.60. The third-order valence-electron chi connectivity index (χ3n) is 2.81. The van der Waals surface area contributed by atoms with Gasteiger partial charge >= 0.3 is 15.5 Å². The Kier molecular flexibility index (Phi) is 5.37. The van der Waals surface area contributed by atoms with Gasteiger partial charge in [-0.15, -0.1) is 0 Å². The summed E-state index contributed by atoms with van der Waals surface area (Å²) in [5, 5.41) is 0. The van der Waals surface area contributed by atoms with Crippen molar-refractivity contribution in [3.05, 3.63) is 35.9 Å². The van der Waals surface area contributed by atoms with Gasteiger partial charge in [0.15, 0.2) is 0 Å². The quantitative estimate of drug-likeness (QED) is 0.877. The second-order valence-electron chi connectivity index (χ2n) is 4.26. The smallest absolute Gasteiger partial charge is 0.207 e. The highest BCUT2D eigenvalue weighted by Crippen LogP contribution is 2.22. The van der Waals surface area contributed by atoms with Crippen molar-refractivity contribution in [2.24, 2.45) is 5.92 Å². The number of hydrogen-bond acceptors (Lipinski definition) is 2. The molecule has 0 saturated carbocycles. The zero-order chi connectivity index (χ0) is 14.5. The van der Waals surface area contributed by atoms with Crippen LogP contribution in [0.4, 0.5) is 13.2 Å². The van der Waals surface area contributed by atoms with Crippen molar-refractivity contribution < 1.29 is 21.6 Å². The van der Waals surface area contributed by atoms with Gasteiger partial charge in [0, 0.05) is 6.54 Å². The molecule has 0 aliphatic carbocycles. The van der Waals surface area contributed by atoms with E-state index < -0.39 is 15.5 Å². The fourth-order valence-electron chi connectivity index (χ4n) is 1.62. The summed E-state index contributed by atoms with van der Waals surface area (Å²) in [5.74, 6) is -0.167. The van der Waals surface area contributed by atoms with E-state index in [1.54, 1.807) is 4.72 Å². The number of rotatable bonds is 6. The maximum Gasteiger partial charge on any atom is 0.511 e. The molecule has 108 valence electrons. The van der Waals surface area contributed by atoms with Crippen molar-refractivity contribution in [2.45, 2.75) is 25.3 Å². The molecule has 1 atom stereocenters. The molecule has 1 N–H and O–H groups in total. The van der Waals surface area contributed by atoms with Crippen LogP contribution in [0.2, 0.25) is 0 Å². The van der Waals surface area contributed by atoms with Crippen LogP contribution in [0.15, 0.2) is 30.3 Å². The number of halogens is 3. The minimum atomic E-state index is -5.25. The molecule has 0 aliphatic rings. The van der Waals surface area contributed by atoms with Crippen LogP contribution in [0.1, 0.15) is 18.9 Å². The second kappa shape index (κ2) is 6.38. The minimum absolute atomic E-state index is 0.167. The molecule has 1 unspecified atom stereocenters. The SMILES string of the molecule is CCC(CNS(=O)(=O)C(F)(F)F)Cc1ccccc1. The highest BCUT2D eigenvalue weighted by molar-refractivity contribution is 7.90. The van der Waals surface area contributed by atoms with E-state index in [0.717, 1.165) is 5.56 Å². The summed E-state index contributed by atoms with van der Waals surface area (Å²) < 4.78 is 59.9. The van der Waals surface area contributed by atoms with Crippen molar-refractivity contribution in [1.82, 2.24) is 4.72 Å². The van der Waals surface area contributed by atoms with E-state index in [1.165, 1.54) is 0 Å². The first kappa shape index (κ1) is 16.0. The molecule has 0 heterocycles. The van der Waals surface area contributed by atoms with Crippen molar-refractivity contribution in [3.8, 4) is 0 Å². The minimum Gasteiger partial charge on any atom is -0.207 e. The predicted octanol–water partition coefficient (Wildman–Crippen LogP) is 2.69. The molecule has 0 spiro atoms. The Morgan fingerprint density at radius 2 is 1.79 bits per heavy atom. The second-order valence-corrected chi connectivity index (χ2v) is 6.02. The lowest BCUT2D eigenvalue weighted by Gasteiger charge is -2.16. The van der Waals surface area contributed by atoms with Gasteiger partial charge in [-0.3, -0.25) is 0 Å². The molecule has 3 nitrogen and oxygen atoms in total. The van der Waals surface area contributed by atoms with Gasteiger partial charge in [-0.2, -0.15) is 13.2 Å². The Labute approximate surface area is 110 Å². The fraction of sp³-hybridized carbons (Fsp3) is 0.500. The van der Waals surface area contributed by atoms with Gasteiger partial charge in [0.1, 0.15) is 0 Å². The van der Waals surface area contributed by atoms with Gasteiger partial charge in [0.05, 0.1) is 0 Å². The van der Waals surface area contributed by atoms with Crippen LogP contribution in [0.25, 0.3) is 0 Å². The van der Waals surface area contributed by atoms with Gasteiger partial charge in [-0.1, -0.05) is 43.7 Å². The van der Waals surface area contributed by atoms with Crippen molar-refractivity contribution in [2.75, 3.05) is 6.54 Å². The van der Waals surface area contributed by atoms with E-state index in [0.29, 0.717) is 12.8 Å². The fourth-order valence-corrected chi connectivity index (χ4v) is 2.24. The van der Waals surface area contributed by atoms with Crippen LogP contribution in [-0.2, 0) is 16.4 Å². The molecule has 1 rings (SSSR count). The highest BCUT2D eigenvalue weighted by atomic mass is 32.2. The lowest BCUT2D eigenvalue weighted by molar-refractivity contribution is -0.0448. The normalized spacial score (nSPS) is 14.3. The molecule has 0 bridgehead atoms. The Bertz CT molecular complexity index is 485. The summed E-state index contributed by atoms with van der Waals surface area (Å²) in [7, 11) is -5.25. The molecular formula is C12H16F3NO2S. The van der Waals surface area contributed by atoms with Crippen molar-refractivity contribution in [3.63, 3.8) is 0 Å². The van der Waals surface area contributed by atoms with E-state index in [9.17, 15) is 21.6 Å². The van der Waals surface area contributed by atoms with Gasteiger partial charge in [0.25, 0.3) is 0 Å². The first-order valence-corrected chi connectivity index (χ1v) is 7.34. The monoisotopic (exact) mass is 295 g/mol. The number of alkyl halides is 3. The summed E-state index contributed by atoms with van der Waals surface area (Å²) in [6, 6.07) is 9.24. The number of nitrogens with one attached hydrogen (secondary N) is 1. The summed E-state index contributed by atoms with van der Waals surface area (Å²) >= 11 is 0. The van der Waals surface area contributed by atoms with E-state index in [4.69, 9.17) is 0 Å². The topological polar surface area (TPSA) is 46.2 Å². The summed E-state index contributed by atoms with van der Waals surface area (Å²) in [4.78, 5) is 0. The van der Waals surface area contributed by atoms with E-state index >= 15 is 0 Å². The third-order valence-corrected chi connectivity index (χ3v) is 3.97. The zero-order valence-electron chi connectivity index (χ0n) is 10.4. The molecule has 1 aromatic carbocycles. The van der Waals surface area contributed by atoms with Crippen LogP contribution in [0, 0.1) is 5.92 Å². The highest BCUT2D eigenvalue weighted by Gasteiger charge is 2.45. The summed E-state index contributed by atoms with van der Waals surface area (Å²) in [6.07, 6.45) is 1.13. The molecule has 0 aromatic heterocycles. The molecule has 1 aromatic rings. The average Bonchev–Trinajstić information content (AvgIpc) is 2.34. The predicted molar refractivity (Wildman–Crippen MR) is 66.9 cm³/mol. The summed E-state index contributed by atoms with van der Waals surface area (Å²) in [5.41, 5.74) is -4.28. The molecular weight excluding hydrogens is 279 g/mol. The van der Waals surface area contributed by atoms with Gasteiger partial charge in [-0.25, -0.2) is 13.1 Å². The number of benzene rings is 1. The first-order valence-electron chi connectivity index (χ1n) is 5.86. The molecule has 19 heavy (non-hydrogen) atoms. The Balaban J connectivity index is 2.60. The van der Waals surface area contributed by atoms with Crippen LogP contribution in [0.5, 0.6) is 0 Å². The molecule has 0 saturated heterocycles. The first-order chi connectivity index (χ1) is 8.76. The molecule has 0 aliphatic heterocycles. The van der Waals surface area contributed by atoms with Crippen LogP contribution in [0.3, 0.4) is 0 Å². The van der Waals surface area contributed by atoms with E-state index in [-0.39, 0.29) is 12.5 Å². The zero-order valence-corrected chi connectivity index (χ0v) is 11.3. The lowest BCUT2D eigenvalue weighted by atomic mass is 9.97. The van der Waals surface area contributed by atoms with E-state index in [2.05, 4.69) is 0 Å². The number of sulfonamides is 1. The van der Waals surface area contributed by atoms with Gasteiger partial charge in [-0.05, 0) is 17.9 Å². The molecule has 7 heteroatoms.